The first-order chi connectivity index (χ1) is 9.08. The van der Waals surface area contributed by atoms with Gasteiger partial charge in [-0.05, 0) is 19.6 Å². The summed E-state index contributed by atoms with van der Waals surface area (Å²) in [5, 5.41) is 9.06. The predicted octanol–water partition coefficient (Wildman–Crippen LogP) is 4.29. The highest BCUT2D eigenvalue weighted by molar-refractivity contribution is 8.01. The number of rotatable bonds is 8. The van der Waals surface area contributed by atoms with Crippen LogP contribution in [-0.2, 0) is 13.6 Å². The van der Waals surface area contributed by atoms with E-state index in [1.54, 1.807) is 31.7 Å². The molecule has 0 radical (unpaired) electrons. The number of nitriles is 1. The normalized spacial score (nSPS) is 11.3. The summed E-state index contributed by atoms with van der Waals surface area (Å²) in [5.74, 6) is 1.15. The number of nitrogens with zero attached hydrogens (tertiary/aromatic N) is 1. The average Bonchev–Trinajstić information content (AvgIpc) is 2.71. The minimum atomic E-state index is -3.64. The van der Waals surface area contributed by atoms with Gasteiger partial charge in [-0.15, -0.1) is 23.1 Å². The number of phosphoric acid groups is 1. The molecule has 0 saturated carbocycles. The van der Waals surface area contributed by atoms with E-state index in [1.165, 1.54) is 11.3 Å². The fourth-order valence-electron chi connectivity index (χ4n) is 1.24. The third-order valence-corrected chi connectivity index (χ3v) is 5.53. The number of thiophene rings is 1. The van der Waals surface area contributed by atoms with E-state index in [2.05, 4.69) is 0 Å². The highest BCUT2D eigenvalue weighted by atomic mass is 32.2. The number of hydrogen-bond donors (Lipinski definition) is 0. The van der Waals surface area contributed by atoms with Gasteiger partial charge < -0.3 is 4.52 Å². The van der Waals surface area contributed by atoms with Gasteiger partial charge >= 0.3 is 7.82 Å². The fourth-order valence-corrected chi connectivity index (χ4v) is 4.43. The Balaban J connectivity index is 2.95. The third kappa shape index (κ3) is 4.83. The van der Waals surface area contributed by atoms with Crippen LogP contribution in [0.25, 0.3) is 0 Å². The van der Waals surface area contributed by atoms with Crippen LogP contribution < -0.4 is 4.52 Å². The van der Waals surface area contributed by atoms with Crippen LogP contribution in [0.1, 0.15) is 25.6 Å². The Kier molecular flexibility index (Phi) is 6.90. The smallest absolute Gasteiger partial charge is 0.402 e. The summed E-state index contributed by atoms with van der Waals surface area (Å²) in [5.41, 5.74) is 0. The quantitative estimate of drug-likeness (QED) is 0.525. The van der Waals surface area contributed by atoms with Gasteiger partial charge in [0.15, 0.2) is 5.75 Å². The van der Waals surface area contributed by atoms with Crippen molar-refractivity contribution in [2.45, 2.75) is 25.0 Å². The third-order valence-electron chi connectivity index (χ3n) is 1.85. The second-order valence-electron chi connectivity index (χ2n) is 3.18. The molecule has 0 unspecified atom stereocenters. The zero-order valence-corrected chi connectivity index (χ0v) is 13.6. The van der Waals surface area contributed by atoms with Gasteiger partial charge in [-0.2, -0.15) is 5.26 Å². The van der Waals surface area contributed by atoms with Gasteiger partial charge in [0.2, 0.25) is 0 Å². The zero-order valence-electron chi connectivity index (χ0n) is 11.0. The summed E-state index contributed by atoms with van der Waals surface area (Å²) in [6, 6.07) is 3.73. The lowest BCUT2D eigenvalue weighted by molar-refractivity contribution is 0.167. The molecule has 0 amide bonds. The average molecular weight is 321 g/mol. The summed E-state index contributed by atoms with van der Waals surface area (Å²) in [6.45, 7) is 5.83. The SMILES string of the molecule is CCOP(=O)(OCC)Oc1cc(SCC)sc1C#N. The molecule has 1 heterocycles. The van der Waals surface area contributed by atoms with Crippen molar-refractivity contribution in [2.24, 2.45) is 0 Å². The highest BCUT2D eigenvalue weighted by Crippen LogP contribution is 2.51. The van der Waals surface area contributed by atoms with Gasteiger partial charge in [-0.1, -0.05) is 6.92 Å². The van der Waals surface area contributed by atoms with Gasteiger partial charge in [0, 0.05) is 6.07 Å². The molecule has 8 heteroatoms. The summed E-state index contributed by atoms with van der Waals surface area (Å²) in [7, 11) is -3.64. The van der Waals surface area contributed by atoms with Gasteiger partial charge in [0.25, 0.3) is 0 Å². The van der Waals surface area contributed by atoms with E-state index in [1.807, 2.05) is 13.0 Å². The van der Waals surface area contributed by atoms with E-state index in [9.17, 15) is 4.57 Å². The van der Waals surface area contributed by atoms with Crippen molar-refractivity contribution >= 4 is 30.9 Å². The number of thioether (sulfide) groups is 1. The van der Waals surface area contributed by atoms with Crippen molar-refractivity contribution in [3.8, 4) is 11.8 Å². The Labute approximate surface area is 121 Å². The van der Waals surface area contributed by atoms with Gasteiger partial charge in [0.1, 0.15) is 10.9 Å². The number of hydrogen-bond acceptors (Lipinski definition) is 7. The van der Waals surface area contributed by atoms with Crippen LogP contribution in [0.4, 0.5) is 0 Å². The molecule has 19 heavy (non-hydrogen) atoms. The van der Waals surface area contributed by atoms with E-state index in [-0.39, 0.29) is 19.0 Å². The van der Waals surface area contributed by atoms with Crippen LogP contribution in [-0.4, -0.2) is 19.0 Å². The van der Waals surface area contributed by atoms with Crippen molar-refractivity contribution in [2.75, 3.05) is 19.0 Å². The van der Waals surface area contributed by atoms with Crippen molar-refractivity contribution in [3.63, 3.8) is 0 Å². The van der Waals surface area contributed by atoms with Crippen LogP contribution in [0.3, 0.4) is 0 Å². The molecular weight excluding hydrogens is 305 g/mol. The standard InChI is InChI=1S/C11H16NO4PS2/c1-4-14-17(13,15-5-2)16-9-7-11(18-6-3)19-10(9)8-12/h7H,4-6H2,1-3H3. The lowest BCUT2D eigenvalue weighted by atomic mass is 10.5. The molecule has 1 rings (SSSR count). The Bertz CT molecular complexity index is 487. The maximum absolute atomic E-state index is 12.2. The largest absolute Gasteiger partial charge is 0.530 e. The predicted molar refractivity (Wildman–Crippen MR) is 76.9 cm³/mol. The zero-order chi connectivity index (χ0) is 14.3. The molecule has 0 bridgehead atoms. The van der Waals surface area contributed by atoms with Crippen molar-refractivity contribution in [1.82, 2.24) is 0 Å². The molecule has 0 aliphatic heterocycles. The molecule has 0 spiro atoms. The van der Waals surface area contributed by atoms with E-state index < -0.39 is 7.82 Å². The molecule has 0 fully saturated rings. The van der Waals surface area contributed by atoms with Crippen molar-refractivity contribution in [3.05, 3.63) is 10.9 Å². The molecule has 0 saturated heterocycles. The Morgan fingerprint density at radius 3 is 2.47 bits per heavy atom. The molecule has 106 valence electrons. The molecule has 1 aromatic rings. The Morgan fingerprint density at radius 1 is 1.37 bits per heavy atom. The Morgan fingerprint density at radius 2 is 2.00 bits per heavy atom. The van der Waals surface area contributed by atoms with E-state index >= 15 is 0 Å². The lowest BCUT2D eigenvalue weighted by Crippen LogP contribution is -2.02. The van der Waals surface area contributed by atoms with Crippen LogP contribution in [0.5, 0.6) is 5.75 Å². The second-order valence-corrected chi connectivity index (χ2v) is 7.39. The van der Waals surface area contributed by atoms with Gasteiger partial charge in [0.05, 0.1) is 17.4 Å². The van der Waals surface area contributed by atoms with Crippen LogP contribution >= 0.6 is 30.9 Å². The first-order valence-corrected chi connectivity index (χ1v) is 9.10. The molecule has 0 aromatic carbocycles. The molecule has 1 aromatic heterocycles. The van der Waals surface area contributed by atoms with Crippen LogP contribution in [0, 0.1) is 11.3 Å². The summed E-state index contributed by atoms with van der Waals surface area (Å²) in [6.07, 6.45) is 0. The highest BCUT2D eigenvalue weighted by Gasteiger charge is 2.29. The van der Waals surface area contributed by atoms with Gasteiger partial charge in [-0.3, -0.25) is 9.05 Å². The van der Waals surface area contributed by atoms with Crippen LogP contribution in [0.2, 0.25) is 0 Å². The monoisotopic (exact) mass is 321 g/mol. The summed E-state index contributed by atoms with van der Waals surface area (Å²) < 4.78 is 28.6. The first kappa shape index (κ1) is 16.5. The minimum absolute atomic E-state index is 0.208. The molecule has 0 aliphatic rings. The maximum Gasteiger partial charge on any atom is 0.530 e. The fraction of sp³-hybridized carbons (Fsp3) is 0.545. The maximum atomic E-state index is 12.2. The molecule has 0 aliphatic carbocycles. The molecule has 0 N–H and O–H groups in total. The molecule has 5 nitrogen and oxygen atoms in total. The van der Waals surface area contributed by atoms with Crippen LogP contribution in [0.15, 0.2) is 10.3 Å². The van der Waals surface area contributed by atoms with E-state index in [0.29, 0.717) is 4.88 Å². The van der Waals surface area contributed by atoms with Crippen molar-refractivity contribution < 1.29 is 18.1 Å². The minimum Gasteiger partial charge on any atom is -0.402 e. The van der Waals surface area contributed by atoms with Crippen molar-refractivity contribution in [1.29, 1.82) is 5.26 Å². The second kappa shape index (κ2) is 7.93. The van der Waals surface area contributed by atoms with E-state index in [4.69, 9.17) is 18.8 Å². The molecular formula is C11H16NO4PS2. The number of phosphoric ester groups is 1. The van der Waals surface area contributed by atoms with E-state index in [0.717, 1.165) is 9.96 Å². The van der Waals surface area contributed by atoms with Gasteiger partial charge in [-0.25, -0.2) is 4.57 Å². The summed E-state index contributed by atoms with van der Waals surface area (Å²) in [4.78, 5) is 0.371. The Hall–Kier alpha value is -0.510. The topological polar surface area (TPSA) is 68.6 Å². The summed E-state index contributed by atoms with van der Waals surface area (Å²) >= 11 is 2.90. The molecule has 0 atom stereocenters. The first-order valence-electron chi connectivity index (χ1n) is 5.84. The lowest BCUT2D eigenvalue weighted by Gasteiger charge is -2.16.